The standard InChI is InChI=1S/C18H23FN4O/c1-12-9-13(2)23(22-12)16-6-5-14(10-15(16)19)17(24)21-18(11-20)7-3-4-8-18/h5-6,9-10H,3-4,7-8,11,20H2,1-2H3,(H,21,24). The van der Waals surface area contributed by atoms with E-state index in [1.165, 1.54) is 6.07 Å². The smallest absolute Gasteiger partial charge is 0.251 e. The number of hydrogen-bond acceptors (Lipinski definition) is 3. The van der Waals surface area contributed by atoms with Crippen LogP contribution >= 0.6 is 0 Å². The highest BCUT2D eigenvalue weighted by molar-refractivity contribution is 5.95. The van der Waals surface area contributed by atoms with Crippen molar-refractivity contribution in [3.8, 4) is 5.69 Å². The fraction of sp³-hybridized carbons (Fsp3) is 0.444. The average Bonchev–Trinajstić information content (AvgIpc) is 3.14. The molecule has 0 aliphatic heterocycles. The Morgan fingerprint density at radius 3 is 2.58 bits per heavy atom. The van der Waals surface area contributed by atoms with Crippen LogP contribution in [0.2, 0.25) is 0 Å². The molecule has 1 fully saturated rings. The zero-order valence-corrected chi connectivity index (χ0v) is 14.1. The van der Waals surface area contributed by atoms with Gasteiger partial charge in [0.25, 0.3) is 5.91 Å². The molecule has 0 bridgehead atoms. The molecule has 0 radical (unpaired) electrons. The Bertz CT molecular complexity index is 762. The number of aromatic nitrogens is 2. The van der Waals surface area contributed by atoms with Crippen LogP contribution in [-0.2, 0) is 0 Å². The number of hydrogen-bond donors (Lipinski definition) is 2. The van der Waals surface area contributed by atoms with Crippen molar-refractivity contribution >= 4 is 5.91 Å². The number of nitrogens with one attached hydrogen (secondary N) is 1. The molecule has 0 saturated heterocycles. The summed E-state index contributed by atoms with van der Waals surface area (Å²) in [6.07, 6.45) is 3.87. The van der Waals surface area contributed by atoms with Crippen LogP contribution < -0.4 is 11.1 Å². The topological polar surface area (TPSA) is 72.9 Å². The van der Waals surface area contributed by atoms with Gasteiger partial charge in [0.1, 0.15) is 11.5 Å². The number of carbonyl (C=O) groups is 1. The Labute approximate surface area is 141 Å². The van der Waals surface area contributed by atoms with Crippen LogP contribution in [0, 0.1) is 19.7 Å². The van der Waals surface area contributed by atoms with Crippen LogP contribution in [0.1, 0.15) is 47.4 Å². The van der Waals surface area contributed by atoms with Gasteiger partial charge in [0.15, 0.2) is 0 Å². The predicted octanol–water partition coefficient (Wildman–Crippen LogP) is 2.63. The second-order valence-electron chi connectivity index (χ2n) is 6.65. The van der Waals surface area contributed by atoms with E-state index >= 15 is 0 Å². The molecule has 1 aromatic carbocycles. The first-order valence-corrected chi connectivity index (χ1v) is 8.30. The number of rotatable bonds is 4. The third-order valence-electron chi connectivity index (χ3n) is 4.78. The minimum Gasteiger partial charge on any atom is -0.345 e. The summed E-state index contributed by atoms with van der Waals surface area (Å²) in [6, 6.07) is 6.36. The van der Waals surface area contributed by atoms with Crippen LogP contribution in [0.15, 0.2) is 24.3 Å². The summed E-state index contributed by atoms with van der Waals surface area (Å²) in [4.78, 5) is 12.5. The molecule has 1 saturated carbocycles. The number of aryl methyl sites for hydroxylation is 2. The zero-order chi connectivity index (χ0) is 17.3. The van der Waals surface area contributed by atoms with E-state index in [9.17, 15) is 9.18 Å². The van der Waals surface area contributed by atoms with Crippen LogP contribution in [0.4, 0.5) is 4.39 Å². The molecule has 3 N–H and O–H groups in total. The second-order valence-corrected chi connectivity index (χ2v) is 6.65. The van der Waals surface area contributed by atoms with Crippen molar-refractivity contribution < 1.29 is 9.18 Å². The normalized spacial score (nSPS) is 16.3. The van der Waals surface area contributed by atoms with Crippen LogP contribution in [0.3, 0.4) is 0 Å². The van der Waals surface area contributed by atoms with Gasteiger partial charge in [-0.05, 0) is 51.0 Å². The molecule has 24 heavy (non-hydrogen) atoms. The number of nitrogens with two attached hydrogens (primary N) is 1. The van der Waals surface area contributed by atoms with Crippen LogP contribution in [-0.4, -0.2) is 27.8 Å². The third kappa shape index (κ3) is 3.06. The molecular weight excluding hydrogens is 307 g/mol. The highest BCUT2D eigenvalue weighted by atomic mass is 19.1. The fourth-order valence-corrected chi connectivity index (χ4v) is 3.44. The lowest BCUT2D eigenvalue weighted by Crippen LogP contribution is -2.51. The van der Waals surface area contributed by atoms with E-state index in [0.717, 1.165) is 37.1 Å². The zero-order valence-electron chi connectivity index (χ0n) is 14.1. The molecule has 6 heteroatoms. The maximum Gasteiger partial charge on any atom is 0.251 e. The molecule has 0 unspecified atom stereocenters. The van der Waals surface area contributed by atoms with Crippen molar-refractivity contribution in [2.75, 3.05) is 6.54 Å². The lowest BCUT2D eigenvalue weighted by atomic mass is 9.97. The van der Waals surface area contributed by atoms with Crippen LogP contribution in [0.25, 0.3) is 5.69 Å². The molecule has 3 rings (SSSR count). The Morgan fingerprint density at radius 1 is 1.33 bits per heavy atom. The van der Waals surface area contributed by atoms with Crippen LogP contribution in [0.5, 0.6) is 0 Å². The summed E-state index contributed by atoms with van der Waals surface area (Å²) >= 11 is 0. The van der Waals surface area contributed by atoms with Crippen molar-refractivity contribution in [2.45, 2.75) is 45.1 Å². The third-order valence-corrected chi connectivity index (χ3v) is 4.78. The lowest BCUT2D eigenvalue weighted by molar-refractivity contribution is 0.0902. The van der Waals surface area contributed by atoms with Crippen molar-refractivity contribution in [3.63, 3.8) is 0 Å². The Morgan fingerprint density at radius 2 is 2.04 bits per heavy atom. The number of amides is 1. The predicted molar refractivity (Wildman–Crippen MR) is 90.7 cm³/mol. The summed E-state index contributed by atoms with van der Waals surface area (Å²) in [7, 11) is 0. The van der Waals surface area contributed by atoms with E-state index in [2.05, 4.69) is 10.4 Å². The van der Waals surface area contributed by atoms with E-state index in [4.69, 9.17) is 5.73 Å². The first-order valence-electron chi connectivity index (χ1n) is 8.30. The molecule has 0 atom stereocenters. The summed E-state index contributed by atoms with van der Waals surface area (Å²) in [5.74, 6) is -0.747. The first kappa shape index (κ1) is 16.6. The van der Waals surface area contributed by atoms with Crippen molar-refractivity contribution in [1.82, 2.24) is 15.1 Å². The van der Waals surface area contributed by atoms with E-state index in [0.29, 0.717) is 17.8 Å². The summed E-state index contributed by atoms with van der Waals surface area (Å²) < 4.78 is 16.1. The fourth-order valence-electron chi connectivity index (χ4n) is 3.44. The van der Waals surface area contributed by atoms with E-state index in [1.54, 1.807) is 16.8 Å². The van der Waals surface area contributed by atoms with Crippen molar-refractivity contribution in [2.24, 2.45) is 5.73 Å². The molecule has 2 aromatic rings. The highest BCUT2D eigenvalue weighted by Crippen LogP contribution is 2.29. The molecule has 1 aliphatic carbocycles. The van der Waals surface area contributed by atoms with Gasteiger partial charge in [0.2, 0.25) is 0 Å². The number of benzene rings is 1. The second kappa shape index (κ2) is 6.36. The Balaban J connectivity index is 1.84. The molecule has 0 spiro atoms. The molecule has 5 nitrogen and oxygen atoms in total. The average molecular weight is 330 g/mol. The monoisotopic (exact) mass is 330 g/mol. The van der Waals surface area contributed by atoms with Gasteiger partial charge in [-0.3, -0.25) is 4.79 Å². The minimum absolute atomic E-state index is 0.277. The van der Waals surface area contributed by atoms with Gasteiger partial charge in [-0.25, -0.2) is 9.07 Å². The molecule has 1 aromatic heterocycles. The van der Waals surface area contributed by atoms with Gasteiger partial charge in [-0.1, -0.05) is 12.8 Å². The Hall–Kier alpha value is -2.21. The number of halogens is 1. The van der Waals surface area contributed by atoms with Gasteiger partial charge in [-0.15, -0.1) is 0 Å². The minimum atomic E-state index is -0.470. The van der Waals surface area contributed by atoms with Crippen molar-refractivity contribution in [3.05, 3.63) is 47.0 Å². The quantitative estimate of drug-likeness (QED) is 0.905. The van der Waals surface area contributed by atoms with Gasteiger partial charge in [0.05, 0.1) is 11.2 Å². The summed E-state index contributed by atoms with van der Waals surface area (Å²) in [5.41, 5.74) is 7.80. The van der Waals surface area contributed by atoms with Crippen molar-refractivity contribution in [1.29, 1.82) is 0 Å². The number of carbonyl (C=O) groups excluding carboxylic acids is 1. The van der Waals surface area contributed by atoms with Gasteiger partial charge in [0, 0.05) is 17.8 Å². The molecule has 1 heterocycles. The molecule has 1 aliphatic rings. The molecule has 128 valence electrons. The van der Waals surface area contributed by atoms with E-state index in [1.807, 2.05) is 19.9 Å². The molecule has 1 amide bonds. The SMILES string of the molecule is Cc1cc(C)n(-c2ccc(C(=O)NC3(CN)CCCC3)cc2F)n1. The van der Waals surface area contributed by atoms with Gasteiger partial charge >= 0.3 is 0 Å². The maximum atomic E-state index is 14.5. The summed E-state index contributed by atoms with van der Waals surface area (Å²) in [6.45, 7) is 4.13. The Kier molecular flexibility index (Phi) is 4.41. The van der Waals surface area contributed by atoms with Gasteiger partial charge < -0.3 is 11.1 Å². The summed E-state index contributed by atoms with van der Waals surface area (Å²) in [5, 5.41) is 7.29. The largest absolute Gasteiger partial charge is 0.345 e. The molecular formula is C18H23FN4O. The highest BCUT2D eigenvalue weighted by Gasteiger charge is 2.34. The van der Waals surface area contributed by atoms with E-state index < -0.39 is 5.82 Å². The number of nitrogens with zero attached hydrogens (tertiary/aromatic N) is 2. The maximum absolute atomic E-state index is 14.5. The van der Waals surface area contributed by atoms with E-state index in [-0.39, 0.29) is 11.4 Å². The first-order chi connectivity index (χ1) is 11.4. The lowest BCUT2D eigenvalue weighted by Gasteiger charge is -2.28. The van der Waals surface area contributed by atoms with Gasteiger partial charge in [-0.2, -0.15) is 5.10 Å².